The summed E-state index contributed by atoms with van der Waals surface area (Å²) < 4.78 is 5.65. The molecule has 14 rings (SSSR count). The van der Waals surface area contributed by atoms with Crippen molar-refractivity contribution in [1.82, 2.24) is 4.48 Å². The average molecular weight is 915 g/mol. The number of para-hydroxylation sites is 1. The van der Waals surface area contributed by atoms with Crippen molar-refractivity contribution in [2.45, 2.75) is 107 Å². The molecule has 10 aromatic rings. The summed E-state index contributed by atoms with van der Waals surface area (Å²) in [7, 11) is 0. The Morgan fingerprint density at radius 2 is 1.26 bits per heavy atom. The van der Waals surface area contributed by atoms with E-state index < -0.39 is 0 Å². The number of rotatable bonds is 2. The maximum atomic E-state index is 2.84. The SMILES string of the molecule is CC(C)(C)c1ccc(N2c3cc4c(cc3B3c5c(cc6ccccc6c52)-c2cccc5c6sc7cc8c(cc7c6n3c25)C(C)(C)CCC8(C)C)C(C)(C)c2ccccc2S4)c(-c2ccccc2)c1. The second-order valence-corrected chi connectivity index (χ2v) is 25.3. The van der Waals surface area contributed by atoms with E-state index in [1.807, 2.05) is 23.1 Å². The van der Waals surface area contributed by atoms with E-state index in [9.17, 15) is 0 Å². The molecule has 2 aromatic heterocycles. The first-order valence-electron chi connectivity index (χ1n) is 24.7. The molecule has 0 saturated heterocycles. The first kappa shape index (κ1) is 41.0. The second-order valence-electron chi connectivity index (χ2n) is 23.1. The van der Waals surface area contributed by atoms with E-state index in [4.69, 9.17) is 0 Å². The fourth-order valence-corrected chi connectivity index (χ4v) is 15.6. The van der Waals surface area contributed by atoms with Gasteiger partial charge in [0, 0.05) is 58.4 Å². The van der Waals surface area contributed by atoms with E-state index in [2.05, 4.69) is 217 Å². The third kappa shape index (κ3) is 5.44. The molecule has 0 fully saturated rings. The summed E-state index contributed by atoms with van der Waals surface area (Å²) in [6, 6.07) is 56.9. The Labute approximate surface area is 409 Å². The molecule has 0 unspecified atom stereocenters. The number of anilines is 3. The summed E-state index contributed by atoms with van der Waals surface area (Å²) in [5.41, 5.74) is 21.6. The standard InChI is InChI=1S/C63H55BN2S2/c1-60(2,3)38-26-27-50(42(31-38)36-18-11-10-12-19-36)65-51-35-54-48(63(8,9)45-24-15-16-25-52(45)67-54)33-49(51)64-55-43(30-37-20-13-14-21-39(37)57(55)65)40-22-17-23-41-56(40)66(64)58-44-32-46-47(34-53(44)68-59(41)58)62(6,7)29-28-61(46,4)5/h10-27,30-35H,28-29H2,1-9H3. The van der Waals surface area contributed by atoms with Gasteiger partial charge in [-0.3, -0.25) is 0 Å². The molecule has 68 heavy (non-hydrogen) atoms. The summed E-state index contributed by atoms with van der Waals surface area (Å²) >= 11 is 3.96. The third-order valence-corrected chi connectivity index (χ3v) is 19.1. The number of thiophene rings is 1. The Morgan fingerprint density at radius 3 is 2.06 bits per heavy atom. The molecular formula is C63H55BN2S2. The zero-order chi connectivity index (χ0) is 46.4. The molecule has 0 N–H and O–H groups in total. The summed E-state index contributed by atoms with van der Waals surface area (Å²) in [6.45, 7) is 21.7. The molecular weight excluding hydrogens is 860 g/mol. The van der Waals surface area contributed by atoms with Gasteiger partial charge < -0.3 is 9.38 Å². The molecule has 1 aliphatic carbocycles. The van der Waals surface area contributed by atoms with Crippen molar-refractivity contribution in [2.24, 2.45) is 0 Å². The van der Waals surface area contributed by atoms with Crippen LogP contribution in [0, 0.1) is 0 Å². The number of nitrogens with zero attached hydrogens (tertiary/aromatic N) is 2. The largest absolute Gasteiger partial charge is 0.374 e. The predicted molar refractivity (Wildman–Crippen MR) is 295 cm³/mol. The van der Waals surface area contributed by atoms with Crippen molar-refractivity contribution in [2.75, 3.05) is 4.90 Å². The molecule has 0 atom stereocenters. The van der Waals surface area contributed by atoms with Crippen molar-refractivity contribution in [3.05, 3.63) is 173 Å². The molecule has 0 amide bonds. The zero-order valence-corrected chi connectivity index (χ0v) is 42.2. The quantitative estimate of drug-likeness (QED) is 0.160. The number of fused-ring (bicyclic) bond motifs is 14. The molecule has 0 spiro atoms. The number of hydrogen-bond acceptors (Lipinski definition) is 3. The van der Waals surface area contributed by atoms with Gasteiger partial charge in [0.2, 0.25) is 0 Å². The fraction of sp³-hybridized carbons (Fsp3) is 0.238. The molecule has 3 aliphatic heterocycles. The fourth-order valence-electron chi connectivity index (χ4n) is 13.0. The minimum atomic E-state index is -0.201. The normalized spacial score (nSPS) is 17.0. The van der Waals surface area contributed by atoms with Crippen molar-refractivity contribution < 1.29 is 0 Å². The van der Waals surface area contributed by atoms with Crippen LogP contribution in [0.2, 0.25) is 0 Å². The van der Waals surface area contributed by atoms with E-state index in [1.165, 1.54) is 143 Å². The van der Waals surface area contributed by atoms with E-state index in [0.29, 0.717) is 0 Å². The maximum Gasteiger partial charge on any atom is 0.333 e. The molecule has 332 valence electrons. The molecule has 8 aromatic carbocycles. The topological polar surface area (TPSA) is 8.17 Å². The zero-order valence-electron chi connectivity index (χ0n) is 40.6. The van der Waals surface area contributed by atoms with Gasteiger partial charge in [0.05, 0.1) is 21.6 Å². The Bertz CT molecular complexity index is 3860. The number of hydrogen-bond donors (Lipinski definition) is 0. The summed E-state index contributed by atoms with van der Waals surface area (Å²) in [5.74, 6) is 0. The lowest BCUT2D eigenvalue weighted by molar-refractivity contribution is 0.332. The van der Waals surface area contributed by atoms with Crippen molar-refractivity contribution >= 4 is 99.9 Å². The van der Waals surface area contributed by atoms with Gasteiger partial charge in [-0.1, -0.05) is 177 Å². The first-order chi connectivity index (χ1) is 32.6. The van der Waals surface area contributed by atoms with Crippen LogP contribution in [0.5, 0.6) is 0 Å². The Hall–Kier alpha value is -6.01. The van der Waals surface area contributed by atoms with Crippen LogP contribution in [0.4, 0.5) is 17.1 Å². The highest BCUT2D eigenvalue weighted by Gasteiger charge is 2.47. The highest BCUT2D eigenvalue weighted by Crippen LogP contribution is 2.56. The average Bonchev–Trinajstić information content (AvgIpc) is 3.86. The Balaban J connectivity index is 1.16. The predicted octanol–water partition coefficient (Wildman–Crippen LogP) is 16.7. The van der Waals surface area contributed by atoms with E-state index >= 15 is 0 Å². The van der Waals surface area contributed by atoms with Gasteiger partial charge >= 0.3 is 6.85 Å². The van der Waals surface area contributed by atoms with Gasteiger partial charge in [-0.2, -0.15) is 0 Å². The van der Waals surface area contributed by atoms with Crippen LogP contribution in [-0.2, 0) is 21.7 Å². The van der Waals surface area contributed by atoms with E-state index in [-0.39, 0.29) is 28.5 Å². The van der Waals surface area contributed by atoms with Gasteiger partial charge in [0.25, 0.3) is 0 Å². The molecule has 0 bridgehead atoms. The molecule has 5 heterocycles. The lowest BCUT2D eigenvalue weighted by Crippen LogP contribution is -2.57. The summed E-state index contributed by atoms with van der Waals surface area (Å²) in [4.78, 5) is 5.39. The van der Waals surface area contributed by atoms with Crippen LogP contribution in [0.1, 0.15) is 103 Å². The van der Waals surface area contributed by atoms with Gasteiger partial charge in [0.15, 0.2) is 0 Å². The highest BCUT2D eigenvalue weighted by atomic mass is 32.2. The van der Waals surface area contributed by atoms with Crippen molar-refractivity contribution in [1.29, 1.82) is 0 Å². The molecule has 5 heteroatoms. The van der Waals surface area contributed by atoms with Crippen LogP contribution in [0.15, 0.2) is 155 Å². The van der Waals surface area contributed by atoms with Crippen LogP contribution >= 0.6 is 23.1 Å². The smallest absolute Gasteiger partial charge is 0.333 e. The van der Waals surface area contributed by atoms with Crippen molar-refractivity contribution in [3.8, 4) is 22.3 Å². The van der Waals surface area contributed by atoms with Crippen molar-refractivity contribution in [3.63, 3.8) is 0 Å². The van der Waals surface area contributed by atoms with Gasteiger partial charge in [-0.15, -0.1) is 11.3 Å². The number of benzene rings is 8. The van der Waals surface area contributed by atoms with Crippen LogP contribution < -0.4 is 15.8 Å². The monoisotopic (exact) mass is 914 g/mol. The summed E-state index contributed by atoms with van der Waals surface area (Å²) in [6.07, 6.45) is 2.40. The van der Waals surface area contributed by atoms with Crippen LogP contribution in [-0.4, -0.2) is 11.3 Å². The maximum absolute atomic E-state index is 2.84. The Morgan fingerprint density at radius 1 is 0.544 bits per heavy atom. The second kappa shape index (κ2) is 13.6. The molecule has 0 radical (unpaired) electrons. The van der Waals surface area contributed by atoms with Crippen LogP contribution in [0.3, 0.4) is 0 Å². The lowest BCUT2D eigenvalue weighted by atomic mass is 9.44. The van der Waals surface area contributed by atoms with E-state index in [1.54, 1.807) is 0 Å². The highest BCUT2D eigenvalue weighted by molar-refractivity contribution is 7.99. The van der Waals surface area contributed by atoms with E-state index in [0.717, 1.165) is 0 Å². The molecule has 4 aliphatic rings. The minimum absolute atomic E-state index is 0.0251. The minimum Gasteiger partial charge on any atom is -0.374 e. The summed E-state index contributed by atoms with van der Waals surface area (Å²) in [5, 5.41) is 5.32. The van der Waals surface area contributed by atoms with Crippen LogP contribution in [0.25, 0.3) is 64.2 Å². The molecule has 0 saturated carbocycles. The van der Waals surface area contributed by atoms with Gasteiger partial charge in [0.1, 0.15) is 0 Å². The van der Waals surface area contributed by atoms with Gasteiger partial charge in [-0.05, 0) is 127 Å². The number of aromatic nitrogens is 1. The van der Waals surface area contributed by atoms with Gasteiger partial charge in [-0.25, -0.2) is 0 Å². The molecule has 2 nitrogen and oxygen atoms in total. The first-order valence-corrected chi connectivity index (χ1v) is 26.3. The Kier molecular flexibility index (Phi) is 8.21. The lowest BCUT2D eigenvalue weighted by Gasteiger charge is -2.44. The third-order valence-electron chi connectivity index (χ3n) is 16.8.